The van der Waals surface area contributed by atoms with Crippen LogP contribution in [0.2, 0.25) is 0 Å². The summed E-state index contributed by atoms with van der Waals surface area (Å²) in [6.07, 6.45) is 1.58. The van der Waals surface area contributed by atoms with Crippen LogP contribution in [0.4, 0.5) is 0 Å². The van der Waals surface area contributed by atoms with Crippen LogP contribution >= 0.6 is 0 Å². The maximum Gasteiger partial charge on any atom is 0.252 e. The molecule has 5 nitrogen and oxygen atoms in total. The molecule has 5 heteroatoms. The Bertz CT molecular complexity index is 295. The van der Waals surface area contributed by atoms with Crippen LogP contribution in [0.3, 0.4) is 0 Å². The molecule has 0 bridgehead atoms. The summed E-state index contributed by atoms with van der Waals surface area (Å²) in [5, 5.41) is 3.89. The molecule has 0 atom stereocenters. The summed E-state index contributed by atoms with van der Waals surface area (Å²) in [6, 6.07) is 0. The number of nitrogens with zero attached hydrogens (tertiary/aromatic N) is 2. The lowest BCUT2D eigenvalue weighted by molar-refractivity contribution is 0.109. The third-order valence-corrected chi connectivity index (χ3v) is 2.60. The average Bonchev–Trinajstić information content (AvgIpc) is 2.74. The van der Waals surface area contributed by atoms with Crippen molar-refractivity contribution in [2.75, 3.05) is 6.61 Å². The van der Waals surface area contributed by atoms with Crippen molar-refractivity contribution in [3.63, 3.8) is 0 Å². The van der Waals surface area contributed by atoms with E-state index in [1.165, 1.54) is 0 Å². The van der Waals surface area contributed by atoms with Crippen LogP contribution in [0.1, 0.15) is 45.3 Å². The second-order valence-electron chi connectivity index (χ2n) is 3.51. The van der Waals surface area contributed by atoms with E-state index in [1.54, 1.807) is 0 Å². The third-order valence-electron chi connectivity index (χ3n) is 2.60. The smallest absolute Gasteiger partial charge is 0.252 e. The average molecular weight is 213 g/mol. The number of rotatable bonds is 6. The molecular formula is C10H19N3O2. The first kappa shape index (κ1) is 12.1. The van der Waals surface area contributed by atoms with E-state index >= 15 is 0 Å². The Morgan fingerprint density at radius 3 is 2.53 bits per heavy atom. The zero-order valence-corrected chi connectivity index (χ0v) is 9.62. The maximum absolute atomic E-state index is 6.13. The summed E-state index contributed by atoms with van der Waals surface area (Å²) < 4.78 is 10.2. The molecule has 0 aromatic carbocycles. The topological polar surface area (TPSA) is 74.2 Å². The van der Waals surface area contributed by atoms with Gasteiger partial charge in [-0.05, 0) is 19.8 Å². The number of hydrogen-bond donors (Lipinski definition) is 1. The molecule has 0 aliphatic carbocycles. The molecule has 2 N–H and O–H groups in total. The molecule has 0 radical (unpaired) electrons. The van der Waals surface area contributed by atoms with Crippen molar-refractivity contribution in [2.24, 2.45) is 5.73 Å². The Morgan fingerprint density at radius 1 is 1.33 bits per heavy atom. The van der Waals surface area contributed by atoms with Crippen LogP contribution in [0.5, 0.6) is 0 Å². The van der Waals surface area contributed by atoms with Crippen LogP contribution in [0.25, 0.3) is 0 Å². The van der Waals surface area contributed by atoms with Crippen molar-refractivity contribution in [3.05, 3.63) is 11.7 Å². The molecule has 0 saturated heterocycles. The van der Waals surface area contributed by atoms with Gasteiger partial charge in [-0.1, -0.05) is 19.0 Å². The summed E-state index contributed by atoms with van der Waals surface area (Å²) in [7, 11) is 0. The molecule has 0 amide bonds. The maximum atomic E-state index is 6.13. The minimum atomic E-state index is -0.478. The van der Waals surface area contributed by atoms with Gasteiger partial charge in [-0.3, -0.25) is 0 Å². The second kappa shape index (κ2) is 5.23. The molecule has 0 fully saturated rings. The Morgan fingerprint density at radius 2 is 2.00 bits per heavy atom. The van der Waals surface area contributed by atoms with E-state index in [9.17, 15) is 0 Å². The van der Waals surface area contributed by atoms with Gasteiger partial charge in [-0.15, -0.1) is 0 Å². The summed E-state index contributed by atoms with van der Waals surface area (Å²) in [6.45, 7) is 6.94. The number of aromatic nitrogens is 2. The molecule has 86 valence electrons. The predicted octanol–water partition coefficient (Wildman–Crippen LogP) is 1.58. The lowest BCUT2D eigenvalue weighted by atomic mass is 9.94. The van der Waals surface area contributed by atoms with Crippen LogP contribution in [0.15, 0.2) is 4.52 Å². The van der Waals surface area contributed by atoms with Gasteiger partial charge in [0, 0.05) is 6.61 Å². The third kappa shape index (κ3) is 2.76. The normalized spacial score (nSPS) is 12.0. The standard InChI is InChI=1S/C10H19N3O2/c1-4-10(11,5-2)9-12-8(15-13-9)7-14-6-3/h4-7,11H2,1-3H3. The van der Waals surface area contributed by atoms with Gasteiger partial charge in [-0.2, -0.15) is 4.98 Å². The highest BCUT2D eigenvalue weighted by Gasteiger charge is 2.28. The first-order valence-corrected chi connectivity index (χ1v) is 5.36. The molecule has 0 unspecified atom stereocenters. The number of ether oxygens (including phenoxy) is 1. The van der Waals surface area contributed by atoms with E-state index in [-0.39, 0.29) is 0 Å². The molecule has 1 rings (SSSR count). The van der Waals surface area contributed by atoms with Crippen LogP contribution in [-0.2, 0) is 16.9 Å². The number of nitrogens with two attached hydrogens (primary N) is 1. The van der Waals surface area contributed by atoms with Crippen molar-refractivity contribution in [1.29, 1.82) is 0 Å². The monoisotopic (exact) mass is 213 g/mol. The minimum absolute atomic E-state index is 0.354. The summed E-state index contributed by atoms with van der Waals surface area (Å²) in [5.74, 6) is 1.06. The van der Waals surface area contributed by atoms with Crippen molar-refractivity contribution >= 4 is 0 Å². The Balaban J connectivity index is 2.74. The molecule has 1 aromatic heterocycles. The van der Waals surface area contributed by atoms with Crippen molar-refractivity contribution < 1.29 is 9.26 Å². The molecule has 0 aliphatic rings. The highest BCUT2D eigenvalue weighted by molar-refractivity contribution is 5.02. The molecule has 0 spiro atoms. The van der Waals surface area contributed by atoms with Gasteiger partial charge in [0.05, 0.1) is 5.54 Å². The Kier molecular flexibility index (Phi) is 4.23. The van der Waals surface area contributed by atoms with Gasteiger partial charge in [0.1, 0.15) is 6.61 Å². The largest absolute Gasteiger partial charge is 0.372 e. The fourth-order valence-corrected chi connectivity index (χ4v) is 1.27. The number of hydrogen-bond acceptors (Lipinski definition) is 5. The Hall–Kier alpha value is -0.940. The van der Waals surface area contributed by atoms with E-state index < -0.39 is 5.54 Å². The molecule has 1 aromatic rings. The van der Waals surface area contributed by atoms with E-state index in [2.05, 4.69) is 10.1 Å². The quantitative estimate of drug-likeness (QED) is 0.776. The lowest BCUT2D eigenvalue weighted by Crippen LogP contribution is -2.36. The van der Waals surface area contributed by atoms with Gasteiger partial charge < -0.3 is 15.0 Å². The zero-order chi connectivity index (χ0) is 11.3. The van der Waals surface area contributed by atoms with Crippen molar-refractivity contribution in [3.8, 4) is 0 Å². The summed E-state index contributed by atoms with van der Waals surface area (Å²) in [5.41, 5.74) is 5.66. The summed E-state index contributed by atoms with van der Waals surface area (Å²) >= 11 is 0. The Labute approximate surface area is 90.0 Å². The van der Waals surface area contributed by atoms with E-state index in [0.29, 0.717) is 24.9 Å². The molecular weight excluding hydrogens is 194 g/mol. The lowest BCUT2D eigenvalue weighted by Gasteiger charge is -2.21. The van der Waals surface area contributed by atoms with E-state index in [4.69, 9.17) is 15.0 Å². The van der Waals surface area contributed by atoms with Crippen molar-refractivity contribution in [1.82, 2.24) is 10.1 Å². The van der Waals surface area contributed by atoms with Crippen LogP contribution in [-0.4, -0.2) is 16.7 Å². The van der Waals surface area contributed by atoms with Gasteiger partial charge in [0.2, 0.25) is 0 Å². The SMILES string of the molecule is CCOCc1nc(C(N)(CC)CC)no1. The zero-order valence-electron chi connectivity index (χ0n) is 9.62. The van der Waals surface area contributed by atoms with E-state index in [1.807, 2.05) is 20.8 Å². The molecule has 1 heterocycles. The predicted molar refractivity (Wildman–Crippen MR) is 56.1 cm³/mol. The molecule has 0 saturated carbocycles. The highest BCUT2D eigenvalue weighted by Crippen LogP contribution is 2.22. The van der Waals surface area contributed by atoms with Gasteiger partial charge >= 0.3 is 0 Å². The first-order valence-electron chi connectivity index (χ1n) is 5.36. The first-order chi connectivity index (χ1) is 7.16. The highest BCUT2D eigenvalue weighted by atomic mass is 16.5. The fraction of sp³-hybridized carbons (Fsp3) is 0.800. The van der Waals surface area contributed by atoms with Crippen LogP contribution < -0.4 is 5.73 Å². The minimum Gasteiger partial charge on any atom is -0.372 e. The van der Waals surface area contributed by atoms with E-state index in [0.717, 1.165) is 12.8 Å². The molecule has 15 heavy (non-hydrogen) atoms. The molecule has 0 aliphatic heterocycles. The van der Waals surface area contributed by atoms with Crippen LogP contribution in [0, 0.1) is 0 Å². The van der Waals surface area contributed by atoms with Gasteiger partial charge in [0.15, 0.2) is 5.82 Å². The fourth-order valence-electron chi connectivity index (χ4n) is 1.27. The van der Waals surface area contributed by atoms with Gasteiger partial charge in [0.25, 0.3) is 5.89 Å². The van der Waals surface area contributed by atoms with Gasteiger partial charge in [-0.25, -0.2) is 0 Å². The van der Waals surface area contributed by atoms with Crippen molar-refractivity contribution in [2.45, 2.75) is 45.8 Å². The summed E-state index contributed by atoms with van der Waals surface area (Å²) in [4.78, 5) is 4.23. The second-order valence-corrected chi connectivity index (χ2v) is 3.51.